The Morgan fingerprint density at radius 2 is 2.00 bits per heavy atom. The van der Waals surface area contributed by atoms with Gasteiger partial charge in [-0.1, -0.05) is 0 Å². The molecule has 5 heteroatoms. The van der Waals surface area contributed by atoms with Crippen molar-refractivity contribution in [3.05, 3.63) is 0 Å². The molecule has 22 heavy (non-hydrogen) atoms. The second-order valence-electron chi connectivity index (χ2n) is 7.26. The molecule has 3 aliphatic rings. The second-order valence-corrected chi connectivity index (χ2v) is 7.26. The maximum atomic E-state index is 12.4. The molecular weight excluding hydrogens is 278 g/mol. The summed E-state index contributed by atoms with van der Waals surface area (Å²) in [5.41, 5.74) is 0. The molecule has 1 aliphatic carbocycles. The van der Waals surface area contributed by atoms with Gasteiger partial charge >= 0.3 is 0 Å². The molecule has 124 valence electrons. The molecule has 0 bridgehead atoms. The third kappa shape index (κ3) is 4.45. The minimum absolute atomic E-state index is 0.00426. The van der Waals surface area contributed by atoms with Gasteiger partial charge in [-0.05, 0) is 63.5 Å². The maximum absolute atomic E-state index is 12.4. The Bertz CT molecular complexity index is 403. The molecule has 2 amide bonds. The van der Waals surface area contributed by atoms with E-state index < -0.39 is 0 Å². The minimum Gasteiger partial charge on any atom is -0.356 e. The van der Waals surface area contributed by atoms with E-state index in [0.29, 0.717) is 24.8 Å². The third-order valence-electron chi connectivity index (χ3n) is 5.34. The third-order valence-corrected chi connectivity index (χ3v) is 5.34. The smallest absolute Gasteiger partial charge is 0.224 e. The molecule has 0 radical (unpaired) electrons. The number of amides is 2. The van der Waals surface area contributed by atoms with Gasteiger partial charge in [0.05, 0.1) is 5.92 Å². The summed E-state index contributed by atoms with van der Waals surface area (Å²) in [5.74, 6) is 1.78. The number of piperidine rings is 1. The molecule has 3 fully saturated rings. The molecule has 0 aromatic carbocycles. The highest BCUT2D eigenvalue weighted by atomic mass is 16.2. The van der Waals surface area contributed by atoms with Crippen molar-refractivity contribution in [1.29, 1.82) is 0 Å². The lowest BCUT2D eigenvalue weighted by Gasteiger charge is -2.32. The van der Waals surface area contributed by atoms with Crippen molar-refractivity contribution in [3.63, 3.8) is 0 Å². The predicted octanol–water partition coefficient (Wildman–Crippen LogP) is 1.14. The number of carbonyl (C=O) groups excluding carboxylic acids is 2. The van der Waals surface area contributed by atoms with Crippen LogP contribution in [0.4, 0.5) is 0 Å². The van der Waals surface area contributed by atoms with E-state index in [-0.39, 0.29) is 17.7 Å². The number of nitrogens with one attached hydrogen (secondary N) is 2. The summed E-state index contributed by atoms with van der Waals surface area (Å²) in [6.45, 7) is 4.43. The van der Waals surface area contributed by atoms with Crippen molar-refractivity contribution in [2.75, 3.05) is 32.7 Å². The van der Waals surface area contributed by atoms with E-state index in [2.05, 4.69) is 10.6 Å². The minimum atomic E-state index is 0.00426. The summed E-state index contributed by atoms with van der Waals surface area (Å²) in [7, 11) is 0. The molecule has 0 aromatic rings. The van der Waals surface area contributed by atoms with Crippen LogP contribution in [0.15, 0.2) is 0 Å². The van der Waals surface area contributed by atoms with E-state index in [4.69, 9.17) is 0 Å². The van der Waals surface area contributed by atoms with Crippen molar-refractivity contribution in [2.45, 2.75) is 44.9 Å². The zero-order chi connectivity index (χ0) is 15.4. The molecule has 5 nitrogen and oxygen atoms in total. The fourth-order valence-corrected chi connectivity index (χ4v) is 3.58. The van der Waals surface area contributed by atoms with E-state index in [0.717, 1.165) is 45.4 Å². The molecular formula is C17H29N3O2. The van der Waals surface area contributed by atoms with Gasteiger partial charge in [-0.3, -0.25) is 9.59 Å². The number of rotatable bonds is 6. The zero-order valence-corrected chi connectivity index (χ0v) is 13.5. The van der Waals surface area contributed by atoms with Gasteiger partial charge in [0, 0.05) is 26.1 Å². The molecule has 2 aliphatic heterocycles. The molecule has 2 saturated heterocycles. The standard InChI is InChI=1S/C17H29N3O2/c21-16(6-5-14-7-8-18-10-14)20-9-1-2-15(12-20)17(22)19-11-13-3-4-13/h13-15,18H,1-12H2,(H,19,22). The van der Waals surface area contributed by atoms with Gasteiger partial charge in [0.1, 0.15) is 0 Å². The second kappa shape index (κ2) is 7.44. The van der Waals surface area contributed by atoms with Crippen LogP contribution >= 0.6 is 0 Å². The van der Waals surface area contributed by atoms with Crippen LogP contribution < -0.4 is 10.6 Å². The van der Waals surface area contributed by atoms with Crippen LogP contribution in [0.1, 0.15) is 44.9 Å². The first-order valence-electron chi connectivity index (χ1n) is 8.98. The van der Waals surface area contributed by atoms with Gasteiger partial charge in [0.25, 0.3) is 0 Å². The molecule has 1 saturated carbocycles. The predicted molar refractivity (Wildman–Crippen MR) is 85.2 cm³/mol. The Kier molecular flexibility index (Phi) is 5.34. The molecule has 2 unspecified atom stereocenters. The first-order valence-corrected chi connectivity index (χ1v) is 8.98. The zero-order valence-electron chi connectivity index (χ0n) is 13.5. The lowest BCUT2D eigenvalue weighted by atomic mass is 9.96. The molecule has 3 rings (SSSR count). The van der Waals surface area contributed by atoms with Crippen molar-refractivity contribution in [3.8, 4) is 0 Å². The van der Waals surface area contributed by atoms with Gasteiger partial charge in [-0.2, -0.15) is 0 Å². The fourth-order valence-electron chi connectivity index (χ4n) is 3.58. The quantitative estimate of drug-likeness (QED) is 0.773. The summed E-state index contributed by atoms with van der Waals surface area (Å²) < 4.78 is 0. The van der Waals surface area contributed by atoms with E-state index in [9.17, 15) is 9.59 Å². The van der Waals surface area contributed by atoms with Crippen molar-refractivity contribution in [1.82, 2.24) is 15.5 Å². The number of hydrogen-bond acceptors (Lipinski definition) is 3. The fraction of sp³-hybridized carbons (Fsp3) is 0.882. The Hall–Kier alpha value is -1.10. The number of hydrogen-bond donors (Lipinski definition) is 2. The van der Waals surface area contributed by atoms with E-state index >= 15 is 0 Å². The summed E-state index contributed by atoms with van der Waals surface area (Å²) in [6, 6.07) is 0. The maximum Gasteiger partial charge on any atom is 0.224 e. The lowest BCUT2D eigenvalue weighted by molar-refractivity contribution is -0.136. The molecule has 2 heterocycles. The first-order chi connectivity index (χ1) is 10.7. The van der Waals surface area contributed by atoms with E-state index in [1.807, 2.05) is 4.90 Å². The molecule has 2 N–H and O–H groups in total. The Morgan fingerprint density at radius 1 is 1.14 bits per heavy atom. The molecule has 0 spiro atoms. The van der Waals surface area contributed by atoms with Crippen LogP contribution in [-0.4, -0.2) is 49.4 Å². The first kappa shape index (κ1) is 15.8. The monoisotopic (exact) mass is 307 g/mol. The normalized spacial score (nSPS) is 28.6. The Labute approximate surface area is 133 Å². The van der Waals surface area contributed by atoms with Crippen molar-refractivity contribution >= 4 is 11.8 Å². The number of carbonyl (C=O) groups is 2. The lowest BCUT2D eigenvalue weighted by Crippen LogP contribution is -2.45. The van der Waals surface area contributed by atoms with E-state index in [1.54, 1.807) is 0 Å². The van der Waals surface area contributed by atoms with Crippen LogP contribution in [0.5, 0.6) is 0 Å². The summed E-state index contributed by atoms with van der Waals surface area (Å²) in [4.78, 5) is 26.5. The van der Waals surface area contributed by atoms with Crippen molar-refractivity contribution in [2.24, 2.45) is 17.8 Å². The molecule has 2 atom stereocenters. The van der Waals surface area contributed by atoms with Crippen LogP contribution in [0.25, 0.3) is 0 Å². The SMILES string of the molecule is O=C(NCC1CC1)C1CCCN(C(=O)CCC2CCNC2)C1. The largest absolute Gasteiger partial charge is 0.356 e. The average molecular weight is 307 g/mol. The highest BCUT2D eigenvalue weighted by Crippen LogP contribution is 2.28. The van der Waals surface area contributed by atoms with Gasteiger partial charge in [-0.25, -0.2) is 0 Å². The van der Waals surface area contributed by atoms with Crippen molar-refractivity contribution < 1.29 is 9.59 Å². The Balaban J connectivity index is 1.40. The van der Waals surface area contributed by atoms with Gasteiger partial charge in [-0.15, -0.1) is 0 Å². The Morgan fingerprint density at radius 3 is 2.73 bits per heavy atom. The highest BCUT2D eigenvalue weighted by Gasteiger charge is 2.30. The van der Waals surface area contributed by atoms with Crippen LogP contribution in [0.3, 0.4) is 0 Å². The van der Waals surface area contributed by atoms with Crippen LogP contribution in [-0.2, 0) is 9.59 Å². The number of likely N-dealkylation sites (tertiary alicyclic amines) is 1. The summed E-state index contributed by atoms with van der Waals surface area (Å²) in [5, 5.41) is 6.41. The van der Waals surface area contributed by atoms with Gasteiger partial charge in [0.2, 0.25) is 11.8 Å². The summed E-state index contributed by atoms with van der Waals surface area (Å²) >= 11 is 0. The van der Waals surface area contributed by atoms with Crippen LogP contribution in [0.2, 0.25) is 0 Å². The van der Waals surface area contributed by atoms with Gasteiger partial charge < -0.3 is 15.5 Å². The van der Waals surface area contributed by atoms with E-state index in [1.165, 1.54) is 19.3 Å². The van der Waals surface area contributed by atoms with Crippen LogP contribution in [0, 0.1) is 17.8 Å². The highest BCUT2D eigenvalue weighted by molar-refractivity contribution is 5.81. The van der Waals surface area contributed by atoms with Gasteiger partial charge in [0.15, 0.2) is 0 Å². The number of nitrogens with zero attached hydrogens (tertiary/aromatic N) is 1. The average Bonchev–Trinajstić information content (AvgIpc) is 3.24. The topological polar surface area (TPSA) is 61.4 Å². The molecule has 0 aromatic heterocycles. The summed E-state index contributed by atoms with van der Waals surface area (Å²) in [6.07, 6.45) is 7.21.